The minimum absolute atomic E-state index is 0.0547. The van der Waals surface area contributed by atoms with Gasteiger partial charge in [0.25, 0.3) is 5.56 Å². The number of halogens is 1. The fourth-order valence-electron chi connectivity index (χ4n) is 2.39. The number of rotatable bonds is 5. The van der Waals surface area contributed by atoms with Crippen LogP contribution in [0.15, 0.2) is 53.7 Å². The van der Waals surface area contributed by atoms with Crippen molar-refractivity contribution in [2.45, 2.75) is 19.5 Å². The van der Waals surface area contributed by atoms with Crippen LogP contribution in [0.2, 0.25) is 5.02 Å². The van der Waals surface area contributed by atoms with Gasteiger partial charge in [0.1, 0.15) is 5.02 Å². The van der Waals surface area contributed by atoms with Crippen molar-refractivity contribution in [1.29, 1.82) is 0 Å². The summed E-state index contributed by atoms with van der Waals surface area (Å²) in [4.78, 5) is 11.8. The summed E-state index contributed by atoms with van der Waals surface area (Å²) in [7, 11) is 1.56. The number of hydrogen-bond acceptors (Lipinski definition) is 4. The standard InChI is InChI=1S/C17H18ClN5O/c1-12(21-15-9-19-22(2)17(24)16(15)18)14-8-20-23(11-14)10-13-6-4-3-5-7-13/h3-9,11-12,21H,10H2,1-2H3. The van der Waals surface area contributed by atoms with Gasteiger partial charge in [-0.3, -0.25) is 9.48 Å². The van der Waals surface area contributed by atoms with E-state index in [1.165, 1.54) is 10.2 Å². The Hall–Kier alpha value is -2.60. The Labute approximate surface area is 144 Å². The first-order valence-corrected chi connectivity index (χ1v) is 7.97. The second kappa shape index (κ2) is 6.88. The number of benzene rings is 1. The van der Waals surface area contributed by atoms with Gasteiger partial charge in [0.05, 0.1) is 30.7 Å². The Morgan fingerprint density at radius 1 is 1.21 bits per heavy atom. The van der Waals surface area contributed by atoms with Crippen molar-refractivity contribution in [3.05, 3.63) is 75.4 Å². The van der Waals surface area contributed by atoms with E-state index in [9.17, 15) is 4.79 Å². The van der Waals surface area contributed by atoms with Crippen LogP contribution < -0.4 is 10.9 Å². The third-order valence-electron chi connectivity index (χ3n) is 3.79. The fourth-order valence-corrected chi connectivity index (χ4v) is 2.61. The summed E-state index contributed by atoms with van der Waals surface area (Å²) in [6, 6.07) is 10.1. The number of aryl methyl sites for hydroxylation is 1. The number of aromatic nitrogens is 4. The molecule has 1 aromatic carbocycles. The monoisotopic (exact) mass is 343 g/mol. The van der Waals surface area contributed by atoms with Crippen molar-refractivity contribution in [1.82, 2.24) is 19.6 Å². The Kier molecular flexibility index (Phi) is 4.66. The highest BCUT2D eigenvalue weighted by Crippen LogP contribution is 2.22. The smallest absolute Gasteiger partial charge is 0.287 e. The molecule has 0 saturated carbocycles. The maximum atomic E-state index is 11.8. The molecule has 0 bridgehead atoms. The molecule has 0 spiro atoms. The van der Waals surface area contributed by atoms with Gasteiger partial charge in [-0.15, -0.1) is 0 Å². The van der Waals surface area contributed by atoms with Crippen molar-refractivity contribution >= 4 is 17.3 Å². The highest BCUT2D eigenvalue weighted by molar-refractivity contribution is 6.32. The summed E-state index contributed by atoms with van der Waals surface area (Å²) >= 11 is 6.09. The molecular weight excluding hydrogens is 326 g/mol. The van der Waals surface area contributed by atoms with E-state index in [0.29, 0.717) is 12.2 Å². The fraction of sp³-hybridized carbons (Fsp3) is 0.235. The van der Waals surface area contributed by atoms with Crippen molar-refractivity contribution in [3.8, 4) is 0 Å². The predicted molar refractivity (Wildman–Crippen MR) is 94.3 cm³/mol. The van der Waals surface area contributed by atoms with E-state index in [2.05, 4.69) is 27.6 Å². The average Bonchev–Trinajstić information content (AvgIpc) is 3.05. The first-order chi connectivity index (χ1) is 11.5. The van der Waals surface area contributed by atoms with E-state index in [1.807, 2.05) is 42.2 Å². The Balaban J connectivity index is 1.73. The minimum Gasteiger partial charge on any atom is -0.376 e. The van der Waals surface area contributed by atoms with Gasteiger partial charge >= 0.3 is 0 Å². The maximum absolute atomic E-state index is 11.8. The second-order valence-electron chi connectivity index (χ2n) is 5.62. The largest absolute Gasteiger partial charge is 0.376 e. The van der Waals surface area contributed by atoms with E-state index < -0.39 is 0 Å². The van der Waals surface area contributed by atoms with E-state index >= 15 is 0 Å². The molecule has 1 unspecified atom stereocenters. The first-order valence-electron chi connectivity index (χ1n) is 7.59. The lowest BCUT2D eigenvalue weighted by Crippen LogP contribution is -2.21. The number of hydrogen-bond donors (Lipinski definition) is 1. The molecule has 2 aromatic heterocycles. The Morgan fingerprint density at radius 2 is 1.96 bits per heavy atom. The summed E-state index contributed by atoms with van der Waals surface area (Å²) in [5.74, 6) is 0. The van der Waals surface area contributed by atoms with Crippen LogP contribution in [0.1, 0.15) is 24.1 Å². The normalized spacial score (nSPS) is 12.1. The quantitative estimate of drug-likeness (QED) is 0.773. The summed E-state index contributed by atoms with van der Waals surface area (Å²) in [6.07, 6.45) is 5.34. The minimum atomic E-state index is -0.325. The van der Waals surface area contributed by atoms with Crippen LogP contribution in [0, 0.1) is 0 Å². The Bertz CT molecular complexity index is 887. The summed E-state index contributed by atoms with van der Waals surface area (Å²) in [5, 5.41) is 11.7. The van der Waals surface area contributed by atoms with Crippen molar-refractivity contribution in [2.24, 2.45) is 7.05 Å². The lowest BCUT2D eigenvalue weighted by atomic mass is 10.2. The third-order valence-corrected chi connectivity index (χ3v) is 4.16. The molecule has 7 heteroatoms. The Morgan fingerprint density at radius 3 is 2.71 bits per heavy atom. The molecule has 0 radical (unpaired) electrons. The molecule has 0 saturated heterocycles. The van der Waals surface area contributed by atoms with Crippen LogP contribution in [0.5, 0.6) is 0 Å². The van der Waals surface area contributed by atoms with Crippen LogP contribution in [-0.4, -0.2) is 19.6 Å². The molecule has 6 nitrogen and oxygen atoms in total. The second-order valence-corrected chi connectivity index (χ2v) is 6.00. The van der Waals surface area contributed by atoms with Crippen LogP contribution in [0.4, 0.5) is 5.69 Å². The van der Waals surface area contributed by atoms with Crippen molar-refractivity contribution in [3.63, 3.8) is 0 Å². The SMILES string of the molecule is CC(Nc1cnn(C)c(=O)c1Cl)c1cnn(Cc2ccccc2)c1. The number of nitrogens with zero attached hydrogens (tertiary/aromatic N) is 4. The van der Waals surface area contributed by atoms with Gasteiger partial charge in [-0.2, -0.15) is 10.2 Å². The molecule has 1 N–H and O–H groups in total. The molecule has 124 valence electrons. The van der Waals surface area contributed by atoms with E-state index in [4.69, 9.17) is 11.6 Å². The van der Waals surface area contributed by atoms with Crippen LogP contribution in [0.25, 0.3) is 0 Å². The van der Waals surface area contributed by atoms with E-state index in [0.717, 1.165) is 5.56 Å². The van der Waals surface area contributed by atoms with Crippen LogP contribution in [-0.2, 0) is 13.6 Å². The first kappa shape index (κ1) is 16.3. The zero-order valence-electron chi connectivity index (χ0n) is 13.5. The molecule has 3 aromatic rings. The van der Waals surface area contributed by atoms with Gasteiger partial charge in [0.15, 0.2) is 0 Å². The number of nitrogens with one attached hydrogen (secondary N) is 1. The zero-order valence-corrected chi connectivity index (χ0v) is 14.2. The lowest BCUT2D eigenvalue weighted by molar-refractivity contribution is 0.685. The number of anilines is 1. The van der Waals surface area contributed by atoms with Gasteiger partial charge in [-0.25, -0.2) is 4.68 Å². The summed E-state index contributed by atoms with van der Waals surface area (Å²) in [6.45, 7) is 2.69. The molecule has 0 fully saturated rings. The molecule has 0 aliphatic heterocycles. The van der Waals surface area contributed by atoms with Crippen molar-refractivity contribution in [2.75, 3.05) is 5.32 Å². The average molecular weight is 344 g/mol. The molecule has 0 aliphatic carbocycles. The molecule has 0 aliphatic rings. The topological polar surface area (TPSA) is 64.7 Å². The molecule has 2 heterocycles. The molecule has 3 rings (SSSR count). The van der Waals surface area contributed by atoms with Crippen molar-refractivity contribution < 1.29 is 0 Å². The summed E-state index contributed by atoms with van der Waals surface area (Å²) in [5.41, 5.74) is 2.38. The van der Waals surface area contributed by atoms with Gasteiger partial charge in [-0.1, -0.05) is 41.9 Å². The lowest BCUT2D eigenvalue weighted by Gasteiger charge is -2.14. The van der Waals surface area contributed by atoms with E-state index in [-0.39, 0.29) is 16.6 Å². The summed E-state index contributed by atoms with van der Waals surface area (Å²) < 4.78 is 3.09. The van der Waals surface area contributed by atoms with Gasteiger partial charge < -0.3 is 5.32 Å². The van der Waals surface area contributed by atoms with Crippen LogP contribution in [0.3, 0.4) is 0 Å². The van der Waals surface area contributed by atoms with Crippen LogP contribution >= 0.6 is 11.6 Å². The zero-order chi connectivity index (χ0) is 17.1. The predicted octanol–water partition coefficient (Wildman–Crippen LogP) is 2.85. The van der Waals surface area contributed by atoms with E-state index in [1.54, 1.807) is 13.2 Å². The molecular formula is C17H18ClN5O. The van der Waals surface area contributed by atoms with Gasteiger partial charge in [-0.05, 0) is 12.5 Å². The molecule has 0 amide bonds. The molecule has 24 heavy (non-hydrogen) atoms. The highest BCUT2D eigenvalue weighted by atomic mass is 35.5. The highest BCUT2D eigenvalue weighted by Gasteiger charge is 2.13. The third kappa shape index (κ3) is 3.49. The molecule has 1 atom stereocenters. The van der Waals surface area contributed by atoms with Gasteiger partial charge in [0.2, 0.25) is 0 Å². The van der Waals surface area contributed by atoms with Gasteiger partial charge in [0, 0.05) is 18.8 Å². The maximum Gasteiger partial charge on any atom is 0.287 e.